The van der Waals surface area contributed by atoms with Gasteiger partial charge in [0.05, 0.1) is 4.90 Å². The second kappa shape index (κ2) is 5.52. The average molecular weight is 291 g/mol. The summed E-state index contributed by atoms with van der Waals surface area (Å²) in [5, 5.41) is 0. The summed E-state index contributed by atoms with van der Waals surface area (Å²) in [6.45, 7) is 1.87. The summed E-state index contributed by atoms with van der Waals surface area (Å²) in [6.07, 6.45) is 0. The fraction of sp³-hybridized carbons (Fsp3) is 0.143. The molecule has 0 aliphatic carbocycles. The van der Waals surface area contributed by atoms with Crippen LogP contribution < -0.4 is 16.2 Å². The maximum absolute atomic E-state index is 12.2. The highest BCUT2D eigenvalue weighted by Crippen LogP contribution is 2.19. The molecule has 2 aromatic carbocycles. The minimum atomic E-state index is -3.60. The van der Waals surface area contributed by atoms with Crippen molar-refractivity contribution in [3.8, 4) is 0 Å². The van der Waals surface area contributed by atoms with E-state index in [4.69, 9.17) is 11.5 Å². The van der Waals surface area contributed by atoms with Crippen LogP contribution in [0.4, 0.5) is 11.4 Å². The molecule has 0 aliphatic heterocycles. The third-order valence-corrected chi connectivity index (χ3v) is 4.28. The Morgan fingerprint density at radius 3 is 2.05 bits per heavy atom. The van der Waals surface area contributed by atoms with Gasteiger partial charge in [0.15, 0.2) is 0 Å². The van der Waals surface area contributed by atoms with Gasteiger partial charge in [0.25, 0.3) is 10.0 Å². The van der Waals surface area contributed by atoms with Crippen molar-refractivity contribution in [2.45, 2.75) is 17.9 Å². The van der Waals surface area contributed by atoms with E-state index in [9.17, 15) is 8.42 Å². The molecule has 0 spiro atoms. The van der Waals surface area contributed by atoms with Crippen LogP contribution in [0.2, 0.25) is 0 Å². The Hall–Kier alpha value is -2.05. The first-order valence-corrected chi connectivity index (χ1v) is 7.61. The second-order valence-electron chi connectivity index (χ2n) is 4.59. The molecule has 6 heteroatoms. The topological polar surface area (TPSA) is 98.2 Å². The third-order valence-electron chi connectivity index (χ3n) is 2.88. The van der Waals surface area contributed by atoms with E-state index in [0.29, 0.717) is 11.4 Å². The van der Waals surface area contributed by atoms with Crippen LogP contribution in [0, 0.1) is 0 Å². The summed E-state index contributed by atoms with van der Waals surface area (Å²) in [5.74, 6) is 0. The fourth-order valence-corrected chi connectivity index (χ4v) is 2.77. The van der Waals surface area contributed by atoms with Crippen LogP contribution in [-0.4, -0.2) is 8.42 Å². The van der Waals surface area contributed by atoms with Crippen molar-refractivity contribution in [2.24, 2.45) is 5.73 Å². The smallest absolute Gasteiger partial charge is 0.261 e. The molecule has 2 rings (SSSR count). The number of rotatable bonds is 4. The van der Waals surface area contributed by atoms with Crippen molar-refractivity contribution < 1.29 is 8.42 Å². The summed E-state index contributed by atoms with van der Waals surface area (Å²) in [6, 6.07) is 12.9. The van der Waals surface area contributed by atoms with E-state index >= 15 is 0 Å². The van der Waals surface area contributed by atoms with E-state index in [0.717, 1.165) is 5.56 Å². The van der Waals surface area contributed by atoms with E-state index in [1.165, 1.54) is 12.1 Å². The van der Waals surface area contributed by atoms with Gasteiger partial charge in [-0.25, -0.2) is 8.42 Å². The van der Waals surface area contributed by atoms with Gasteiger partial charge in [0.2, 0.25) is 0 Å². The predicted molar refractivity (Wildman–Crippen MR) is 80.7 cm³/mol. The zero-order valence-corrected chi connectivity index (χ0v) is 11.9. The molecule has 0 aliphatic rings. The van der Waals surface area contributed by atoms with Crippen molar-refractivity contribution in [1.29, 1.82) is 0 Å². The van der Waals surface area contributed by atoms with Crippen LogP contribution in [0.15, 0.2) is 53.4 Å². The van der Waals surface area contributed by atoms with E-state index in [2.05, 4.69) is 4.72 Å². The average Bonchev–Trinajstić information content (AvgIpc) is 2.39. The van der Waals surface area contributed by atoms with Gasteiger partial charge in [-0.15, -0.1) is 0 Å². The van der Waals surface area contributed by atoms with E-state index < -0.39 is 10.0 Å². The standard InChI is InChI=1S/C14H17N3O2S/c1-10(15)11-2-6-13(7-3-11)17-20(18,19)14-8-4-12(16)5-9-14/h2-10,17H,15-16H2,1H3. The van der Waals surface area contributed by atoms with Crippen molar-refractivity contribution in [3.63, 3.8) is 0 Å². The van der Waals surface area contributed by atoms with Gasteiger partial charge in [-0.1, -0.05) is 12.1 Å². The van der Waals surface area contributed by atoms with E-state index in [-0.39, 0.29) is 10.9 Å². The molecule has 0 bridgehead atoms. The normalized spacial score (nSPS) is 12.9. The maximum atomic E-state index is 12.2. The lowest BCUT2D eigenvalue weighted by Crippen LogP contribution is -2.13. The largest absolute Gasteiger partial charge is 0.399 e. The molecule has 0 saturated carbocycles. The molecule has 0 amide bonds. The minimum Gasteiger partial charge on any atom is -0.399 e. The first kappa shape index (κ1) is 14.4. The Kier molecular flexibility index (Phi) is 3.96. The minimum absolute atomic E-state index is 0.0854. The molecule has 20 heavy (non-hydrogen) atoms. The van der Waals surface area contributed by atoms with Crippen molar-refractivity contribution in [1.82, 2.24) is 0 Å². The lowest BCUT2D eigenvalue weighted by atomic mass is 10.1. The maximum Gasteiger partial charge on any atom is 0.261 e. The van der Waals surface area contributed by atoms with Crippen LogP contribution in [-0.2, 0) is 10.0 Å². The molecule has 0 saturated heterocycles. The molecular formula is C14H17N3O2S. The molecule has 106 valence electrons. The lowest BCUT2D eigenvalue weighted by molar-refractivity contribution is 0.601. The van der Waals surface area contributed by atoms with E-state index in [1.54, 1.807) is 36.4 Å². The highest BCUT2D eigenvalue weighted by atomic mass is 32.2. The Morgan fingerprint density at radius 1 is 1.00 bits per heavy atom. The molecule has 1 atom stereocenters. The molecule has 5 nitrogen and oxygen atoms in total. The highest BCUT2D eigenvalue weighted by Gasteiger charge is 2.13. The predicted octanol–water partition coefficient (Wildman–Crippen LogP) is 2.09. The summed E-state index contributed by atoms with van der Waals surface area (Å²) in [4.78, 5) is 0.169. The number of anilines is 2. The number of hydrogen-bond acceptors (Lipinski definition) is 4. The van der Waals surface area contributed by atoms with Crippen LogP contribution in [0.3, 0.4) is 0 Å². The third kappa shape index (κ3) is 3.28. The number of benzene rings is 2. The van der Waals surface area contributed by atoms with Gasteiger partial charge in [0.1, 0.15) is 0 Å². The molecule has 0 aromatic heterocycles. The fourth-order valence-electron chi connectivity index (χ4n) is 1.72. The first-order chi connectivity index (χ1) is 9.38. The Bertz CT molecular complexity index is 677. The van der Waals surface area contributed by atoms with Gasteiger partial charge in [-0.2, -0.15) is 0 Å². The molecular weight excluding hydrogens is 274 g/mol. The van der Waals surface area contributed by atoms with Crippen molar-refractivity contribution in [2.75, 3.05) is 10.5 Å². The molecule has 2 aromatic rings. The van der Waals surface area contributed by atoms with Gasteiger partial charge in [-0.3, -0.25) is 4.72 Å². The Morgan fingerprint density at radius 2 is 1.55 bits per heavy atom. The van der Waals surface area contributed by atoms with Crippen LogP contribution in [0.25, 0.3) is 0 Å². The molecule has 0 radical (unpaired) electrons. The quantitative estimate of drug-likeness (QED) is 0.751. The van der Waals surface area contributed by atoms with E-state index in [1.807, 2.05) is 6.92 Å². The second-order valence-corrected chi connectivity index (χ2v) is 6.27. The van der Waals surface area contributed by atoms with Gasteiger partial charge in [-0.05, 0) is 48.9 Å². The Balaban J connectivity index is 2.22. The van der Waals surface area contributed by atoms with Crippen LogP contribution >= 0.6 is 0 Å². The summed E-state index contributed by atoms with van der Waals surface area (Å²) >= 11 is 0. The summed E-state index contributed by atoms with van der Waals surface area (Å²) in [5.41, 5.74) is 13.2. The molecule has 0 heterocycles. The SMILES string of the molecule is CC(N)c1ccc(NS(=O)(=O)c2ccc(N)cc2)cc1. The highest BCUT2D eigenvalue weighted by molar-refractivity contribution is 7.92. The van der Waals surface area contributed by atoms with Crippen LogP contribution in [0.1, 0.15) is 18.5 Å². The first-order valence-electron chi connectivity index (χ1n) is 6.12. The number of nitrogens with two attached hydrogens (primary N) is 2. The van der Waals surface area contributed by atoms with Crippen molar-refractivity contribution >= 4 is 21.4 Å². The zero-order chi connectivity index (χ0) is 14.8. The lowest BCUT2D eigenvalue weighted by Gasteiger charge is -2.10. The number of hydrogen-bond donors (Lipinski definition) is 3. The number of nitrogen functional groups attached to an aromatic ring is 1. The molecule has 0 fully saturated rings. The van der Waals surface area contributed by atoms with Gasteiger partial charge in [0, 0.05) is 17.4 Å². The molecule has 1 unspecified atom stereocenters. The van der Waals surface area contributed by atoms with Crippen molar-refractivity contribution in [3.05, 3.63) is 54.1 Å². The van der Waals surface area contributed by atoms with Gasteiger partial charge >= 0.3 is 0 Å². The van der Waals surface area contributed by atoms with Crippen LogP contribution in [0.5, 0.6) is 0 Å². The Labute approximate surface area is 118 Å². The number of sulfonamides is 1. The number of nitrogens with one attached hydrogen (secondary N) is 1. The molecule has 5 N–H and O–H groups in total. The summed E-state index contributed by atoms with van der Waals surface area (Å²) in [7, 11) is -3.60. The zero-order valence-electron chi connectivity index (χ0n) is 11.1. The summed E-state index contributed by atoms with van der Waals surface area (Å²) < 4.78 is 26.8. The van der Waals surface area contributed by atoms with Gasteiger partial charge < -0.3 is 11.5 Å². The monoisotopic (exact) mass is 291 g/mol.